The van der Waals surface area contributed by atoms with Crippen LogP contribution in [-0.2, 0) is 19.4 Å². The molecule has 0 bridgehead atoms. The summed E-state index contributed by atoms with van der Waals surface area (Å²) in [6, 6.07) is 6.44. The van der Waals surface area contributed by atoms with E-state index in [2.05, 4.69) is 35.4 Å². The van der Waals surface area contributed by atoms with E-state index in [1.54, 1.807) is 0 Å². The maximum atomic E-state index is 6.06. The van der Waals surface area contributed by atoms with Gasteiger partial charge >= 0.3 is 0 Å². The second kappa shape index (κ2) is 6.26. The number of hydrogen-bond acceptors (Lipinski definition) is 4. The van der Waals surface area contributed by atoms with Gasteiger partial charge in [0.1, 0.15) is 5.75 Å². The van der Waals surface area contributed by atoms with Crippen molar-refractivity contribution >= 4 is 0 Å². The third-order valence-corrected chi connectivity index (χ3v) is 3.92. The zero-order chi connectivity index (χ0) is 14.7. The summed E-state index contributed by atoms with van der Waals surface area (Å²) in [5, 5.41) is 8.34. The van der Waals surface area contributed by atoms with Crippen LogP contribution in [0.1, 0.15) is 42.6 Å². The quantitative estimate of drug-likeness (QED) is 0.884. The minimum atomic E-state index is 0.000827. The van der Waals surface area contributed by atoms with E-state index in [1.165, 1.54) is 11.1 Å². The van der Waals surface area contributed by atoms with Crippen LogP contribution in [0.3, 0.4) is 0 Å². The lowest BCUT2D eigenvalue weighted by atomic mass is 10.1. The van der Waals surface area contributed by atoms with Gasteiger partial charge in [0, 0.05) is 13.0 Å². The number of aromatic nitrogens is 3. The first-order chi connectivity index (χ1) is 10.3. The summed E-state index contributed by atoms with van der Waals surface area (Å²) in [5.74, 6) is 1.03. The average molecular weight is 286 g/mol. The van der Waals surface area contributed by atoms with Crippen LogP contribution in [0.2, 0.25) is 0 Å². The van der Waals surface area contributed by atoms with Crippen LogP contribution in [-0.4, -0.2) is 21.6 Å². The SMILES string of the molecule is CCCC(N)c1cn(CCc2ccc3c(c2)CCO3)nn1. The summed E-state index contributed by atoms with van der Waals surface area (Å²) < 4.78 is 7.41. The van der Waals surface area contributed by atoms with Crippen molar-refractivity contribution in [3.05, 3.63) is 41.2 Å². The van der Waals surface area contributed by atoms with Gasteiger partial charge in [-0.2, -0.15) is 0 Å². The fourth-order valence-electron chi connectivity index (χ4n) is 2.69. The molecular formula is C16H22N4O. The largest absolute Gasteiger partial charge is 0.493 e. The van der Waals surface area contributed by atoms with Crippen molar-refractivity contribution in [1.29, 1.82) is 0 Å². The molecule has 1 unspecified atom stereocenters. The van der Waals surface area contributed by atoms with Gasteiger partial charge in [-0.15, -0.1) is 5.10 Å². The van der Waals surface area contributed by atoms with Crippen LogP contribution in [0.25, 0.3) is 0 Å². The Balaban J connectivity index is 1.60. The fourth-order valence-corrected chi connectivity index (χ4v) is 2.69. The molecule has 2 heterocycles. The van der Waals surface area contributed by atoms with Gasteiger partial charge in [-0.25, -0.2) is 0 Å². The van der Waals surface area contributed by atoms with Crippen molar-refractivity contribution in [2.45, 2.75) is 45.2 Å². The number of aryl methyl sites for hydroxylation is 2. The van der Waals surface area contributed by atoms with Crippen molar-refractivity contribution in [2.75, 3.05) is 6.61 Å². The fraction of sp³-hybridized carbons (Fsp3) is 0.500. The van der Waals surface area contributed by atoms with Gasteiger partial charge in [-0.1, -0.05) is 30.7 Å². The Morgan fingerprint density at radius 2 is 2.33 bits per heavy atom. The van der Waals surface area contributed by atoms with E-state index in [1.807, 2.05) is 10.9 Å². The van der Waals surface area contributed by atoms with Crippen molar-refractivity contribution in [2.24, 2.45) is 5.73 Å². The lowest BCUT2D eigenvalue weighted by Crippen LogP contribution is -2.10. The third kappa shape index (κ3) is 3.24. The van der Waals surface area contributed by atoms with E-state index in [4.69, 9.17) is 10.5 Å². The molecule has 0 saturated heterocycles. The molecule has 1 aromatic heterocycles. The molecule has 112 valence electrons. The number of fused-ring (bicyclic) bond motifs is 1. The van der Waals surface area contributed by atoms with Gasteiger partial charge in [0.05, 0.1) is 24.5 Å². The second-order valence-electron chi connectivity index (χ2n) is 5.59. The standard InChI is InChI=1S/C16H22N4O/c1-2-3-14(17)15-11-20(19-18-15)8-6-12-4-5-16-13(10-12)7-9-21-16/h4-5,10-11,14H,2-3,6-9,17H2,1H3. The Labute approximate surface area is 125 Å². The molecule has 0 radical (unpaired) electrons. The number of nitrogens with two attached hydrogens (primary N) is 1. The van der Waals surface area contributed by atoms with E-state index in [0.29, 0.717) is 0 Å². The van der Waals surface area contributed by atoms with Crippen LogP contribution < -0.4 is 10.5 Å². The maximum absolute atomic E-state index is 6.06. The van der Waals surface area contributed by atoms with Crippen molar-refractivity contribution in [3.8, 4) is 5.75 Å². The van der Waals surface area contributed by atoms with Gasteiger partial charge in [-0.05, 0) is 30.0 Å². The summed E-state index contributed by atoms with van der Waals surface area (Å²) in [4.78, 5) is 0. The zero-order valence-corrected chi connectivity index (χ0v) is 12.5. The van der Waals surface area contributed by atoms with Crippen LogP contribution in [0.5, 0.6) is 5.75 Å². The van der Waals surface area contributed by atoms with Crippen LogP contribution in [0.15, 0.2) is 24.4 Å². The minimum absolute atomic E-state index is 0.000827. The summed E-state index contributed by atoms with van der Waals surface area (Å²) in [5.41, 5.74) is 9.58. The lowest BCUT2D eigenvalue weighted by molar-refractivity contribution is 0.357. The molecule has 2 N–H and O–H groups in total. The molecular weight excluding hydrogens is 264 g/mol. The number of ether oxygens (including phenoxy) is 1. The second-order valence-corrected chi connectivity index (χ2v) is 5.59. The number of benzene rings is 1. The molecule has 0 aliphatic carbocycles. The molecule has 5 nitrogen and oxygen atoms in total. The van der Waals surface area contributed by atoms with Gasteiger partial charge in [-0.3, -0.25) is 4.68 Å². The Kier molecular flexibility index (Phi) is 4.20. The third-order valence-electron chi connectivity index (χ3n) is 3.92. The van der Waals surface area contributed by atoms with Crippen LogP contribution in [0.4, 0.5) is 0 Å². The summed E-state index contributed by atoms with van der Waals surface area (Å²) in [6.45, 7) is 3.76. The molecule has 1 atom stereocenters. The number of hydrogen-bond donors (Lipinski definition) is 1. The maximum Gasteiger partial charge on any atom is 0.122 e. The Hall–Kier alpha value is -1.88. The Bertz CT molecular complexity index is 608. The van der Waals surface area contributed by atoms with Crippen molar-refractivity contribution < 1.29 is 4.74 Å². The zero-order valence-electron chi connectivity index (χ0n) is 12.5. The molecule has 0 fully saturated rings. The molecule has 5 heteroatoms. The summed E-state index contributed by atoms with van der Waals surface area (Å²) >= 11 is 0. The van der Waals surface area contributed by atoms with Crippen LogP contribution >= 0.6 is 0 Å². The molecule has 21 heavy (non-hydrogen) atoms. The minimum Gasteiger partial charge on any atom is -0.493 e. The van der Waals surface area contributed by atoms with Gasteiger partial charge in [0.25, 0.3) is 0 Å². The topological polar surface area (TPSA) is 66.0 Å². The van der Waals surface area contributed by atoms with Crippen molar-refractivity contribution in [3.63, 3.8) is 0 Å². The summed E-state index contributed by atoms with van der Waals surface area (Å²) in [6.07, 6.45) is 5.94. The predicted octanol–water partition coefficient (Wildman–Crippen LogP) is 2.26. The normalized spacial score (nSPS) is 14.8. The molecule has 2 aromatic rings. The molecule has 1 aliphatic heterocycles. The summed E-state index contributed by atoms with van der Waals surface area (Å²) in [7, 11) is 0. The molecule has 3 rings (SSSR count). The van der Waals surface area contributed by atoms with E-state index in [9.17, 15) is 0 Å². The van der Waals surface area contributed by atoms with E-state index in [-0.39, 0.29) is 6.04 Å². The first-order valence-electron chi connectivity index (χ1n) is 7.66. The predicted molar refractivity (Wildman–Crippen MR) is 81.2 cm³/mol. The smallest absolute Gasteiger partial charge is 0.122 e. The average Bonchev–Trinajstić information content (AvgIpc) is 3.14. The van der Waals surface area contributed by atoms with Gasteiger partial charge in [0.2, 0.25) is 0 Å². The van der Waals surface area contributed by atoms with Gasteiger partial charge in [0.15, 0.2) is 0 Å². The Morgan fingerprint density at radius 3 is 3.19 bits per heavy atom. The Morgan fingerprint density at radius 1 is 1.43 bits per heavy atom. The highest BCUT2D eigenvalue weighted by atomic mass is 16.5. The van der Waals surface area contributed by atoms with Crippen LogP contribution in [0, 0.1) is 0 Å². The monoisotopic (exact) mass is 286 g/mol. The molecule has 0 saturated carbocycles. The first-order valence-corrected chi connectivity index (χ1v) is 7.66. The highest BCUT2D eigenvalue weighted by Crippen LogP contribution is 2.26. The van der Waals surface area contributed by atoms with E-state index >= 15 is 0 Å². The molecule has 0 spiro atoms. The lowest BCUT2D eigenvalue weighted by Gasteiger charge is -2.05. The first kappa shape index (κ1) is 14.1. The van der Waals surface area contributed by atoms with Gasteiger partial charge < -0.3 is 10.5 Å². The van der Waals surface area contributed by atoms with Crippen molar-refractivity contribution in [1.82, 2.24) is 15.0 Å². The molecule has 1 aliphatic rings. The molecule has 0 amide bonds. The number of nitrogens with zero attached hydrogens (tertiary/aromatic N) is 3. The number of rotatable bonds is 6. The van der Waals surface area contributed by atoms with E-state index < -0.39 is 0 Å². The highest BCUT2D eigenvalue weighted by molar-refractivity contribution is 5.39. The molecule has 1 aromatic carbocycles. The highest BCUT2D eigenvalue weighted by Gasteiger charge is 2.12. The van der Waals surface area contributed by atoms with E-state index in [0.717, 1.165) is 50.3 Å².